The van der Waals surface area contributed by atoms with Gasteiger partial charge in [0.1, 0.15) is 10.8 Å². The Morgan fingerprint density at radius 2 is 2.05 bits per heavy atom. The van der Waals surface area contributed by atoms with Gasteiger partial charge >= 0.3 is 0 Å². The molecule has 0 saturated carbocycles. The summed E-state index contributed by atoms with van der Waals surface area (Å²) in [6, 6.07) is 11.5. The molecule has 0 unspecified atom stereocenters. The number of nitrogens with one attached hydrogen (secondary N) is 1. The topological polar surface area (TPSA) is 45.2 Å². The number of phenolic OH excluding ortho intramolecular Hbond substituents is 1. The van der Waals surface area contributed by atoms with Crippen molar-refractivity contribution in [3.63, 3.8) is 0 Å². The van der Waals surface area contributed by atoms with Gasteiger partial charge in [-0.1, -0.05) is 0 Å². The van der Waals surface area contributed by atoms with Crippen LogP contribution in [-0.2, 0) is 0 Å². The Hall–Kier alpha value is -1.34. The molecular formula is C14H11IN2OS. The van der Waals surface area contributed by atoms with Crippen LogP contribution in [0.3, 0.4) is 0 Å². The predicted octanol–water partition coefficient (Wildman–Crippen LogP) is 4.32. The van der Waals surface area contributed by atoms with Gasteiger partial charge in [-0.2, -0.15) is 0 Å². The van der Waals surface area contributed by atoms with Crippen LogP contribution in [-0.4, -0.2) is 17.1 Å². The van der Waals surface area contributed by atoms with Crippen molar-refractivity contribution in [1.29, 1.82) is 0 Å². The Bertz CT molecular complexity index is 754. The van der Waals surface area contributed by atoms with E-state index in [1.54, 1.807) is 23.5 Å². The molecule has 1 aromatic heterocycles. The van der Waals surface area contributed by atoms with Crippen molar-refractivity contribution in [3.8, 4) is 16.3 Å². The van der Waals surface area contributed by atoms with E-state index in [1.165, 1.54) is 3.57 Å². The fraction of sp³-hybridized carbons (Fsp3) is 0.0714. The predicted molar refractivity (Wildman–Crippen MR) is 89.0 cm³/mol. The molecule has 0 amide bonds. The molecule has 19 heavy (non-hydrogen) atoms. The SMILES string of the molecule is CNc1ccc(-c2nc3ccc(O)cc3s2)cc1[124I]. The van der Waals surface area contributed by atoms with E-state index < -0.39 is 0 Å². The molecule has 0 fully saturated rings. The van der Waals surface area contributed by atoms with Crippen LogP contribution in [0.15, 0.2) is 36.4 Å². The first-order valence-corrected chi connectivity index (χ1v) is 7.64. The van der Waals surface area contributed by atoms with Crippen molar-refractivity contribution in [1.82, 2.24) is 4.98 Å². The van der Waals surface area contributed by atoms with Crippen molar-refractivity contribution in [2.45, 2.75) is 0 Å². The van der Waals surface area contributed by atoms with Gasteiger partial charge in [0.15, 0.2) is 0 Å². The average molecular weight is 379 g/mol. The number of thiazole rings is 1. The molecule has 0 bridgehead atoms. The molecule has 3 aromatic rings. The minimum Gasteiger partial charge on any atom is -0.508 e. The number of aromatic nitrogens is 1. The summed E-state index contributed by atoms with van der Waals surface area (Å²) < 4.78 is 2.17. The summed E-state index contributed by atoms with van der Waals surface area (Å²) in [5.41, 5.74) is 3.14. The molecule has 0 saturated heterocycles. The van der Waals surface area contributed by atoms with E-state index in [4.69, 9.17) is 0 Å². The van der Waals surface area contributed by atoms with Crippen LogP contribution in [0.2, 0.25) is 0 Å². The number of hydrogen-bond donors (Lipinski definition) is 2. The summed E-state index contributed by atoms with van der Waals surface area (Å²) in [6.45, 7) is 0. The molecule has 96 valence electrons. The number of phenols is 1. The third-order valence-electron chi connectivity index (χ3n) is 2.86. The molecule has 0 atom stereocenters. The van der Waals surface area contributed by atoms with Crippen LogP contribution >= 0.6 is 33.9 Å². The molecule has 0 aliphatic heterocycles. The molecule has 3 rings (SSSR count). The van der Waals surface area contributed by atoms with Crippen molar-refractivity contribution in [2.75, 3.05) is 12.4 Å². The van der Waals surface area contributed by atoms with Crippen molar-refractivity contribution in [2.24, 2.45) is 0 Å². The summed E-state index contributed by atoms with van der Waals surface area (Å²) in [5, 5.41) is 13.6. The van der Waals surface area contributed by atoms with Gasteiger partial charge in [-0.15, -0.1) is 11.3 Å². The van der Waals surface area contributed by atoms with Gasteiger partial charge in [0.25, 0.3) is 0 Å². The van der Waals surface area contributed by atoms with Crippen molar-refractivity contribution in [3.05, 3.63) is 40.0 Å². The largest absolute Gasteiger partial charge is 0.508 e. The Labute approximate surface area is 128 Å². The number of halogens is 1. The lowest BCUT2D eigenvalue weighted by atomic mass is 10.2. The van der Waals surface area contributed by atoms with Crippen LogP contribution in [0, 0.1) is 3.57 Å². The third-order valence-corrected chi connectivity index (χ3v) is 4.82. The maximum absolute atomic E-state index is 9.49. The number of anilines is 1. The van der Waals surface area contributed by atoms with Crippen LogP contribution in [0.5, 0.6) is 5.75 Å². The number of rotatable bonds is 2. The summed E-state index contributed by atoms with van der Waals surface area (Å²) >= 11 is 3.90. The lowest BCUT2D eigenvalue weighted by molar-refractivity contribution is 0.476. The Morgan fingerprint density at radius 1 is 1.21 bits per heavy atom. The molecule has 5 heteroatoms. The highest BCUT2D eigenvalue weighted by molar-refractivity contribution is 14.1. The van der Waals surface area contributed by atoms with E-state index in [-0.39, 0.29) is 5.75 Å². The number of aromatic hydroxyl groups is 1. The molecule has 0 spiro atoms. The normalized spacial score (nSPS) is 10.8. The second-order valence-corrected chi connectivity index (χ2v) is 6.31. The zero-order valence-electron chi connectivity index (χ0n) is 10.1. The molecule has 0 aliphatic rings. The van der Waals surface area contributed by atoms with Gasteiger partial charge in [0, 0.05) is 21.9 Å². The van der Waals surface area contributed by atoms with Gasteiger partial charge in [0.05, 0.1) is 10.2 Å². The zero-order valence-corrected chi connectivity index (χ0v) is 13.1. The summed E-state index contributed by atoms with van der Waals surface area (Å²) in [6.07, 6.45) is 0. The lowest BCUT2D eigenvalue weighted by Crippen LogP contribution is -1.91. The standard InChI is InChI=1S/C14H11IN2OS/c1-16-11-4-2-8(6-10(11)15)14-17-12-5-3-9(18)7-13(12)19-14/h2-7,16,18H,1H3/i15-3. The van der Waals surface area contributed by atoms with Gasteiger partial charge in [0.2, 0.25) is 0 Å². The van der Waals surface area contributed by atoms with Crippen LogP contribution in [0.1, 0.15) is 0 Å². The number of hydrogen-bond acceptors (Lipinski definition) is 4. The van der Waals surface area contributed by atoms with Crippen LogP contribution in [0.4, 0.5) is 5.69 Å². The quantitative estimate of drug-likeness (QED) is 0.652. The maximum Gasteiger partial charge on any atom is 0.124 e. The van der Waals surface area contributed by atoms with Gasteiger partial charge < -0.3 is 10.4 Å². The van der Waals surface area contributed by atoms with Crippen LogP contribution in [0.25, 0.3) is 20.8 Å². The second kappa shape index (κ2) is 4.97. The highest BCUT2D eigenvalue weighted by Gasteiger charge is 2.08. The molecule has 2 aromatic carbocycles. The Morgan fingerprint density at radius 3 is 2.79 bits per heavy atom. The van der Waals surface area contributed by atoms with Crippen LogP contribution < -0.4 is 5.32 Å². The third kappa shape index (κ3) is 2.40. The molecule has 0 radical (unpaired) electrons. The van der Waals surface area contributed by atoms with Gasteiger partial charge in [-0.05, 0) is 59.0 Å². The molecule has 1 heterocycles. The highest BCUT2D eigenvalue weighted by Crippen LogP contribution is 2.33. The fourth-order valence-electron chi connectivity index (χ4n) is 1.89. The average Bonchev–Trinajstić information content (AvgIpc) is 2.81. The smallest absolute Gasteiger partial charge is 0.124 e. The van der Waals surface area contributed by atoms with Crippen molar-refractivity contribution < 1.29 is 5.11 Å². The second-order valence-electron chi connectivity index (χ2n) is 4.12. The molecule has 3 nitrogen and oxygen atoms in total. The van der Waals surface area contributed by atoms with E-state index in [9.17, 15) is 5.11 Å². The molecular weight excluding hydrogens is 368 g/mol. The fourth-order valence-corrected chi connectivity index (χ4v) is 3.67. The monoisotopic (exact) mass is 379 g/mol. The maximum atomic E-state index is 9.49. The Kier molecular flexibility index (Phi) is 3.32. The minimum absolute atomic E-state index is 0.280. The first-order chi connectivity index (χ1) is 9.17. The number of benzene rings is 2. The summed E-state index contributed by atoms with van der Waals surface area (Å²) in [4.78, 5) is 4.60. The first-order valence-electron chi connectivity index (χ1n) is 5.74. The Balaban J connectivity index is 2.11. The van der Waals surface area contributed by atoms with E-state index >= 15 is 0 Å². The van der Waals surface area contributed by atoms with Crippen molar-refractivity contribution >= 4 is 49.8 Å². The lowest BCUT2D eigenvalue weighted by Gasteiger charge is -2.04. The zero-order chi connectivity index (χ0) is 13.4. The summed E-state index contributed by atoms with van der Waals surface area (Å²) in [5.74, 6) is 0.280. The van der Waals surface area contributed by atoms with Gasteiger partial charge in [-0.3, -0.25) is 0 Å². The van der Waals surface area contributed by atoms with E-state index in [0.29, 0.717) is 0 Å². The molecule has 2 N–H and O–H groups in total. The molecule has 0 aliphatic carbocycles. The van der Waals surface area contributed by atoms with Gasteiger partial charge in [-0.25, -0.2) is 4.98 Å². The van der Waals surface area contributed by atoms with E-state index in [2.05, 4.69) is 51.1 Å². The van der Waals surface area contributed by atoms with E-state index in [0.717, 1.165) is 26.5 Å². The highest BCUT2D eigenvalue weighted by atomic mass is 124. The number of fused-ring (bicyclic) bond motifs is 1. The first kappa shape index (κ1) is 12.7. The van der Waals surface area contributed by atoms with E-state index in [1.807, 2.05) is 13.1 Å². The summed E-state index contributed by atoms with van der Waals surface area (Å²) in [7, 11) is 1.91. The number of nitrogens with zero attached hydrogens (tertiary/aromatic N) is 1. The minimum atomic E-state index is 0.280.